The molecule has 0 heterocycles. The lowest BCUT2D eigenvalue weighted by atomic mass is 9.92. The van der Waals surface area contributed by atoms with E-state index in [1.165, 1.54) is 24.3 Å². The molecule has 0 radical (unpaired) electrons. The van der Waals surface area contributed by atoms with Gasteiger partial charge in [0, 0.05) is 12.1 Å². The SMILES string of the molecule is NC1CCC(NC(=O)CNC(=O)C2(c3ccc(OC(F)(F)F)cc3)CC2)CC1. The highest BCUT2D eigenvalue weighted by Crippen LogP contribution is 2.48. The van der Waals surface area contributed by atoms with Crippen molar-refractivity contribution in [3.8, 4) is 5.75 Å². The minimum absolute atomic E-state index is 0.0836. The second-order valence-corrected chi connectivity index (χ2v) is 7.52. The monoisotopic (exact) mass is 399 g/mol. The van der Waals surface area contributed by atoms with Crippen LogP contribution in [0.4, 0.5) is 13.2 Å². The van der Waals surface area contributed by atoms with Crippen LogP contribution in [0.1, 0.15) is 44.1 Å². The highest BCUT2D eigenvalue weighted by Gasteiger charge is 2.51. The molecule has 0 aliphatic heterocycles. The predicted molar refractivity (Wildman–Crippen MR) is 95.4 cm³/mol. The van der Waals surface area contributed by atoms with E-state index in [4.69, 9.17) is 5.73 Å². The summed E-state index contributed by atoms with van der Waals surface area (Å²) in [5.74, 6) is -0.879. The maximum atomic E-state index is 12.6. The number of hydrogen-bond acceptors (Lipinski definition) is 4. The van der Waals surface area contributed by atoms with Crippen molar-refractivity contribution in [1.29, 1.82) is 0 Å². The molecule has 28 heavy (non-hydrogen) atoms. The average Bonchev–Trinajstić information content (AvgIpc) is 3.43. The van der Waals surface area contributed by atoms with Gasteiger partial charge >= 0.3 is 6.36 Å². The third-order valence-electron chi connectivity index (χ3n) is 5.37. The Balaban J connectivity index is 1.50. The molecule has 1 aromatic rings. The van der Waals surface area contributed by atoms with E-state index in [2.05, 4.69) is 15.4 Å². The molecular weight excluding hydrogens is 375 g/mol. The molecule has 6 nitrogen and oxygen atoms in total. The molecule has 2 amide bonds. The third-order valence-corrected chi connectivity index (χ3v) is 5.37. The fourth-order valence-electron chi connectivity index (χ4n) is 3.62. The highest BCUT2D eigenvalue weighted by atomic mass is 19.4. The van der Waals surface area contributed by atoms with Crippen LogP contribution in [0.5, 0.6) is 5.75 Å². The summed E-state index contributed by atoms with van der Waals surface area (Å²) >= 11 is 0. The van der Waals surface area contributed by atoms with Crippen LogP contribution in [-0.4, -0.2) is 36.8 Å². The number of carbonyl (C=O) groups is 2. The summed E-state index contributed by atoms with van der Waals surface area (Å²) in [5, 5.41) is 5.55. The van der Waals surface area contributed by atoms with Gasteiger partial charge in [0.2, 0.25) is 11.8 Å². The molecule has 4 N–H and O–H groups in total. The summed E-state index contributed by atoms with van der Waals surface area (Å²) in [4.78, 5) is 24.6. The average molecular weight is 399 g/mol. The maximum Gasteiger partial charge on any atom is 0.573 e. The Bertz CT molecular complexity index is 709. The predicted octanol–water partition coefficient (Wildman–Crippen LogP) is 2.12. The number of nitrogens with two attached hydrogens (primary N) is 1. The number of ether oxygens (including phenoxy) is 1. The quantitative estimate of drug-likeness (QED) is 0.683. The molecule has 1 aromatic carbocycles. The molecular formula is C19H24F3N3O3. The molecule has 3 rings (SSSR count). The van der Waals surface area contributed by atoms with Gasteiger partial charge in [0.1, 0.15) is 5.75 Å². The summed E-state index contributed by atoms with van der Waals surface area (Å²) in [5.41, 5.74) is 5.67. The van der Waals surface area contributed by atoms with E-state index in [-0.39, 0.29) is 36.2 Å². The van der Waals surface area contributed by atoms with Crippen molar-refractivity contribution in [3.05, 3.63) is 29.8 Å². The Labute approximate surface area is 161 Å². The van der Waals surface area contributed by atoms with Crippen LogP contribution in [0.25, 0.3) is 0 Å². The minimum atomic E-state index is -4.76. The van der Waals surface area contributed by atoms with Gasteiger partial charge in [0.15, 0.2) is 0 Å². The van der Waals surface area contributed by atoms with Gasteiger partial charge in [-0.05, 0) is 56.2 Å². The Kier molecular flexibility index (Phi) is 5.83. The van der Waals surface area contributed by atoms with E-state index in [0.717, 1.165) is 25.7 Å². The fraction of sp³-hybridized carbons (Fsp3) is 0.579. The number of carbonyl (C=O) groups excluding carboxylic acids is 2. The van der Waals surface area contributed by atoms with Gasteiger partial charge in [-0.1, -0.05) is 12.1 Å². The van der Waals surface area contributed by atoms with Gasteiger partial charge < -0.3 is 21.1 Å². The molecule has 0 atom stereocenters. The molecule has 0 unspecified atom stereocenters. The van der Waals surface area contributed by atoms with Gasteiger partial charge in [-0.25, -0.2) is 0 Å². The van der Waals surface area contributed by atoms with Crippen molar-refractivity contribution in [3.63, 3.8) is 0 Å². The first-order chi connectivity index (χ1) is 13.2. The lowest BCUT2D eigenvalue weighted by molar-refractivity contribution is -0.274. The van der Waals surface area contributed by atoms with Gasteiger partial charge in [0.25, 0.3) is 0 Å². The summed E-state index contributed by atoms with van der Waals surface area (Å²) < 4.78 is 40.6. The second-order valence-electron chi connectivity index (χ2n) is 7.52. The molecule has 0 bridgehead atoms. The first-order valence-electron chi connectivity index (χ1n) is 9.37. The second kappa shape index (κ2) is 7.98. The summed E-state index contributed by atoms with van der Waals surface area (Å²) in [7, 11) is 0. The smallest absolute Gasteiger partial charge is 0.406 e. The van der Waals surface area contributed by atoms with E-state index in [9.17, 15) is 22.8 Å². The molecule has 2 aliphatic rings. The number of amides is 2. The van der Waals surface area contributed by atoms with Crippen molar-refractivity contribution in [2.75, 3.05) is 6.54 Å². The lowest BCUT2D eigenvalue weighted by Gasteiger charge is -2.27. The molecule has 9 heteroatoms. The van der Waals surface area contributed by atoms with E-state index < -0.39 is 11.8 Å². The van der Waals surface area contributed by atoms with Crippen molar-refractivity contribution in [2.24, 2.45) is 5.73 Å². The van der Waals surface area contributed by atoms with Crippen molar-refractivity contribution >= 4 is 11.8 Å². The summed E-state index contributed by atoms with van der Waals surface area (Å²) in [6.45, 7) is -0.127. The normalized spacial score (nSPS) is 23.6. The largest absolute Gasteiger partial charge is 0.573 e. The van der Waals surface area contributed by atoms with Gasteiger partial charge in [0.05, 0.1) is 12.0 Å². The number of hydrogen-bond donors (Lipinski definition) is 3. The molecule has 0 saturated heterocycles. The molecule has 2 saturated carbocycles. The van der Waals surface area contributed by atoms with E-state index in [1.807, 2.05) is 0 Å². The summed E-state index contributed by atoms with van der Waals surface area (Å²) in [6.07, 6.45) is -0.189. The van der Waals surface area contributed by atoms with Crippen LogP contribution in [0, 0.1) is 0 Å². The van der Waals surface area contributed by atoms with E-state index in [1.54, 1.807) is 0 Å². The number of benzene rings is 1. The third kappa shape index (κ3) is 5.15. The standard InChI is InChI=1S/C19H24F3N3O3/c20-19(21,22)28-15-7-1-12(2-8-15)18(9-10-18)17(27)24-11-16(26)25-14-5-3-13(23)4-6-14/h1-2,7-8,13-14H,3-6,9-11,23H2,(H,24,27)(H,25,26). The van der Waals surface area contributed by atoms with E-state index >= 15 is 0 Å². The van der Waals surface area contributed by atoms with Gasteiger partial charge in [-0.2, -0.15) is 0 Å². The van der Waals surface area contributed by atoms with Crippen molar-refractivity contribution < 1.29 is 27.5 Å². The first kappa shape index (κ1) is 20.4. The zero-order chi connectivity index (χ0) is 20.4. The van der Waals surface area contributed by atoms with Crippen LogP contribution < -0.4 is 21.1 Å². The fourth-order valence-corrected chi connectivity index (χ4v) is 3.62. The van der Waals surface area contributed by atoms with Crippen LogP contribution >= 0.6 is 0 Å². The Hall–Kier alpha value is -2.29. The van der Waals surface area contributed by atoms with Crippen LogP contribution in [0.15, 0.2) is 24.3 Å². The number of halogens is 3. The Morgan fingerprint density at radius 1 is 1.11 bits per heavy atom. The lowest BCUT2D eigenvalue weighted by Crippen LogP contribution is -2.46. The maximum absolute atomic E-state index is 12.6. The number of nitrogens with one attached hydrogen (secondary N) is 2. The number of rotatable bonds is 6. The van der Waals surface area contributed by atoms with Crippen LogP contribution in [0.3, 0.4) is 0 Å². The zero-order valence-corrected chi connectivity index (χ0v) is 15.3. The molecule has 154 valence electrons. The van der Waals surface area contributed by atoms with E-state index in [0.29, 0.717) is 18.4 Å². The molecule has 2 fully saturated rings. The summed E-state index contributed by atoms with van der Waals surface area (Å²) in [6, 6.07) is 5.57. The highest BCUT2D eigenvalue weighted by molar-refractivity contribution is 5.94. The Morgan fingerprint density at radius 2 is 1.71 bits per heavy atom. The Morgan fingerprint density at radius 3 is 2.25 bits per heavy atom. The van der Waals surface area contributed by atoms with Gasteiger partial charge in [-0.15, -0.1) is 13.2 Å². The molecule has 2 aliphatic carbocycles. The number of alkyl halides is 3. The minimum Gasteiger partial charge on any atom is -0.406 e. The molecule has 0 spiro atoms. The van der Waals surface area contributed by atoms with Crippen LogP contribution in [0.2, 0.25) is 0 Å². The first-order valence-corrected chi connectivity index (χ1v) is 9.37. The van der Waals surface area contributed by atoms with Gasteiger partial charge in [-0.3, -0.25) is 9.59 Å². The van der Waals surface area contributed by atoms with Crippen molar-refractivity contribution in [1.82, 2.24) is 10.6 Å². The topological polar surface area (TPSA) is 93.5 Å². The van der Waals surface area contributed by atoms with Crippen molar-refractivity contribution in [2.45, 2.75) is 62.4 Å². The molecule has 0 aromatic heterocycles. The zero-order valence-electron chi connectivity index (χ0n) is 15.3. The van der Waals surface area contributed by atoms with Crippen LogP contribution in [-0.2, 0) is 15.0 Å².